The van der Waals surface area contributed by atoms with Gasteiger partial charge in [-0.05, 0) is 24.6 Å². The zero-order chi connectivity index (χ0) is 14.4. The van der Waals surface area contributed by atoms with Crippen molar-refractivity contribution in [3.8, 4) is 6.07 Å². The Kier molecular flexibility index (Phi) is 4.93. The van der Waals surface area contributed by atoms with Crippen LogP contribution < -0.4 is 5.32 Å². The highest BCUT2D eigenvalue weighted by atomic mass is 35.5. The van der Waals surface area contributed by atoms with Crippen LogP contribution in [-0.2, 0) is 13.1 Å². The largest absolute Gasteiger partial charge is 0.396 e. The minimum atomic E-state index is 0.129. The fraction of sp³-hybridized carbons (Fsp3) is 0.308. The van der Waals surface area contributed by atoms with Crippen LogP contribution in [0.15, 0.2) is 24.4 Å². The van der Waals surface area contributed by atoms with E-state index in [9.17, 15) is 0 Å². The molecule has 7 heteroatoms. The van der Waals surface area contributed by atoms with E-state index in [1.54, 1.807) is 22.9 Å². The molecular weight excluding hydrogens is 278 g/mol. The molecule has 104 valence electrons. The molecule has 0 spiro atoms. The summed E-state index contributed by atoms with van der Waals surface area (Å²) < 4.78 is 1.68. The van der Waals surface area contributed by atoms with Crippen molar-refractivity contribution in [2.45, 2.75) is 19.5 Å². The van der Waals surface area contributed by atoms with Crippen molar-refractivity contribution >= 4 is 17.3 Å². The van der Waals surface area contributed by atoms with Gasteiger partial charge in [-0.2, -0.15) is 5.26 Å². The van der Waals surface area contributed by atoms with Crippen LogP contribution in [-0.4, -0.2) is 26.7 Å². The van der Waals surface area contributed by atoms with Crippen molar-refractivity contribution in [1.82, 2.24) is 15.0 Å². The molecule has 0 atom stereocenters. The maximum atomic E-state index is 8.86. The first kappa shape index (κ1) is 14.3. The van der Waals surface area contributed by atoms with Gasteiger partial charge in [0.1, 0.15) is 5.69 Å². The second kappa shape index (κ2) is 6.89. The Morgan fingerprint density at radius 3 is 3.05 bits per heavy atom. The molecule has 1 heterocycles. The van der Waals surface area contributed by atoms with Gasteiger partial charge in [0.25, 0.3) is 0 Å². The molecule has 0 radical (unpaired) electrons. The standard InChI is InChI=1S/C13H14ClN5O/c14-12-3-2-10(7-15)6-13(12)16-8-11-9-19(18-17-11)4-1-5-20/h2-3,6,9,16,20H,1,4-5,8H2. The first-order valence-electron chi connectivity index (χ1n) is 6.16. The molecule has 0 aliphatic carbocycles. The lowest BCUT2D eigenvalue weighted by molar-refractivity contribution is 0.276. The van der Waals surface area contributed by atoms with E-state index in [0.717, 1.165) is 5.69 Å². The van der Waals surface area contributed by atoms with E-state index < -0.39 is 0 Å². The van der Waals surface area contributed by atoms with E-state index in [1.165, 1.54) is 0 Å². The minimum absolute atomic E-state index is 0.129. The zero-order valence-electron chi connectivity index (χ0n) is 10.8. The van der Waals surface area contributed by atoms with Crippen LogP contribution >= 0.6 is 11.6 Å². The van der Waals surface area contributed by atoms with Gasteiger partial charge in [-0.25, -0.2) is 0 Å². The minimum Gasteiger partial charge on any atom is -0.396 e. The van der Waals surface area contributed by atoms with Crippen LogP contribution in [0.1, 0.15) is 17.7 Å². The summed E-state index contributed by atoms with van der Waals surface area (Å²) >= 11 is 6.05. The van der Waals surface area contributed by atoms with Gasteiger partial charge < -0.3 is 10.4 Å². The normalized spacial score (nSPS) is 10.2. The van der Waals surface area contributed by atoms with Crippen LogP contribution in [0.2, 0.25) is 5.02 Å². The third kappa shape index (κ3) is 3.70. The maximum Gasteiger partial charge on any atom is 0.102 e. The van der Waals surface area contributed by atoms with E-state index in [4.69, 9.17) is 22.0 Å². The van der Waals surface area contributed by atoms with Crippen molar-refractivity contribution < 1.29 is 5.11 Å². The SMILES string of the molecule is N#Cc1ccc(Cl)c(NCc2cn(CCCO)nn2)c1. The highest BCUT2D eigenvalue weighted by Gasteiger charge is 2.04. The molecule has 0 aliphatic rings. The highest BCUT2D eigenvalue weighted by Crippen LogP contribution is 2.23. The quantitative estimate of drug-likeness (QED) is 0.847. The summed E-state index contributed by atoms with van der Waals surface area (Å²) in [5, 5.41) is 29.3. The van der Waals surface area contributed by atoms with Gasteiger partial charge in [-0.1, -0.05) is 16.8 Å². The fourth-order valence-corrected chi connectivity index (χ4v) is 1.86. The molecule has 0 amide bonds. The van der Waals surface area contributed by atoms with Gasteiger partial charge in [0.15, 0.2) is 0 Å². The smallest absolute Gasteiger partial charge is 0.102 e. The molecule has 0 unspecified atom stereocenters. The van der Waals surface area contributed by atoms with Crippen molar-refractivity contribution in [3.63, 3.8) is 0 Å². The molecule has 0 saturated heterocycles. The average molecular weight is 292 g/mol. The Bertz CT molecular complexity index is 619. The number of aliphatic hydroxyl groups excluding tert-OH is 1. The zero-order valence-corrected chi connectivity index (χ0v) is 11.5. The topological polar surface area (TPSA) is 86.8 Å². The van der Waals surface area contributed by atoms with Crippen molar-refractivity contribution in [2.24, 2.45) is 0 Å². The number of hydrogen-bond donors (Lipinski definition) is 2. The number of aryl methyl sites for hydroxylation is 1. The van der Waals surface area contributed by atoms with Crippen molar-refractivity contribution in [2.75, 3.05) is 11.9 Å². The molecule has 2 rings (SSSR count). The summed E-state index contributed by atoms with van der Waals surface area (Å²) in [6, 6.07) is 7.11. The van der Waals surface area contributed by atoms with Gasteiger partial charge >= 0.3 is 0 Å². The molecule has 1 aromatic heterocycles. The number of aliphatic hydroxyl groups is 1. The van der Waals surface area contributed by atoms with Crippen molar-refractivity contribution in [1.29, 1.82) is 5.26 Å². The summed E-state index contributed by atoms with van der Waals surface area (Å²) in [5.41, 5.74) is 2.00. The molecule has 2 aromatic rings. The fourth-order valence-electron chi connectivity index (χ4n) is 1.68. The molecule has 6 nitrogen and oxygen atoms in total. The summed E-state index contributed by atoms with van der Waals surface area (Å²) in [7, 11) is 0. The van der Waals surface area contributed by atoms with E-state index in [2.05, 4.69) is 21.7 Å². The van der Waals surface area contributed by atoms with Crippen LogP contribution in [0.3, 0.4) is 0 Å². The molecule has 2 N–H and O–H groups in total. The van der Waals surface area contributed by atoms with E-state index in [-0.39, 0.29) is 6.61 Å². The summed E-state index contributed by atoms with van der Waals surface area (Å²) in [4.78, 5) is 0. The first-order valence-corrected chi connectivity index (χ1v) is 6.54. The predicted molar refractivity (Wildman–Crippen MR) is 75.2 cm³/mol. The van der Waals surface area contributed by atoms with Gasteiger partial charge in [0, 0.05) is 13.2 Å². The molecule has 20 heavy (non-hydrogen) atoms. The summed E-state index contributed by atoms with van der Waals surface area (Å²) in [6.07, 6.45) is 2.46. The van der Waals surface area contributed by atoms with Crippen LogP contribution in [0.4, 0.5) is 5.69 Å². The Morgan fingerprint density at radius 2 is 2.30 bits per heavy atom. The second-order valence-corrected chi connectivity index (χ2v) is 4.62. The number of rotatable bonds is 6. The maximum absolute atomic E-state index is 8.86. The van der Waals surface area contributed by atoms with E-state index in [0.29, 0.717) is 35.8 Å². The predicted octanol–water partition coefficient (Wildman–Crippen LogP) is 1.80. The molecule has 0 aliphatic heterocycles. The van der Waals surface area contributed by atoms with Gasteiger partial charge in [0.2, 0.25) is 0 Å². The van der Waals surface area contributed by atoms with Crippen LogP contribution in [0.5, 0.6) is 0 Å². The number of nitrogens with one attached hydrogen (secondary N) is 1. The third-order valence-electron chi connectivity index (χ3n) is 2.69. The van der Waals surface area contributed by atoms with Crippen molar-refractivity contribution in [3.05, 3.63) is 40.7 Å². The number of hydrogen-bond acceptors (Lipinski definition) is 5. The van der Waals surface area contributed by atoms with E-state index >= 15 is 0 Å². The number of benzene rings is 1. The highest BCUT2D eigenvalue weighted by molar-refractivity contribution is 6.33. The number of nitrogens with zero attached hydrogens (tertiary/aromatic N) is 4. The summed E-state index contributed by atoms with van der Waals surface area (Å²) in [5.74, 6) is 0. The number of halogens is 1. The molecule has 0 saturated carbocycles. The van der Waals surface area contributed by atoms with Gasteiger partial charge in [-0.3, -0.25) is 4.68 Å². The molecule has 0 bridgehead atoms. The Hall–Kier alpha value is -2.10. The monoisotopic (exact) mass is 291 g/mol. The lowest BCUT2D eigenvalue weighted by Gasteiger charge is -2.06. The van der Waals surface area contributed by atoms with Gasteiger partial charge in [-0.15, -0.1) is 5.10 Å². The number of nitriles is 1. The molecule has 0 fully saturated rings. The Morgan fingerprint density at radius 1 is 1.45 bits per heavy atom. The number of anilines is 1. The molecule has 1 aromatic carbocycles. The Labute approximate surface area is 121 Å². The third-order valence-corrected chi connectivity index (χ3v) is 3.02. The van der Waals surface area contributed by atoms with Crippen LogP contribution in [0.25, 0.3) is 0 Å². The van der Waals surface area contributed by atoms with Gasteiger partial charge in [0.05, 0.1) is 35.1 Å². The van der Waals surface area contributed by atoms with E-state index in [1.807, 2.05) is 6.20 Å². The Balaban J connectivity index is 1.98. The number of aromatic nitrogens is 3. The summed E-state index contributed by atoms with van der Waals surface area (Å²) in [6.45, 7) is 1.23. The molecular formula is C13H14ClN5O. The lowest BCUT2D eigenvalue weighted by Crippen LogP contribution is -2.01. The second-order valence-electron chi connectivity index (χ2n) is 4.21. The average Bonchev–Trinajstić information content (AvgIpc) is 2.92. The lowest BCUT2D eigenvalue weighted by atomic mass is 10.2. The first-order chi connectivity index (χ1) is 9.72. The van der Waals surface area contributed by atoms with Crippen LogP contribution in [0, 0.1) is 11.3 Å².